The molecular weight excluding hydrogens is 334 g/mol. The summed E-state index contributed by atoms with van der Waals surface area (Å²) >= 11 is 2.82. The molecule has 23 heavy (non-hydrogen) atoms. The number of hydrogen-bond donors (Lipinski definition) is 2. The summed E-state index contributed by atoms with van der Waals surface area (Å²) in [7, 11) is 0. The van der Waals surface area contributed by atoms with Gasteiger partial charge in [0.25, 0.3) is 11.5 Å². The highest BCUT2D eigenvalue weighted by Crippen LogP contribution is 2.22. The van der Waals surface area contributed by atoms with Crippen molar-refractivity contribution in [3.8, 4) is 10.7 Å². The summed E-state index contributed by atoms with van der Waals surface area (Å²) in [6, 6.07) is 8.57. The minimum absolute atomic E-state index is 0.275. The third kappa shape index (κ3) is 2.56. The van der Waals surface area contributed by atoms with Crippen LogP contribution in [0.5, 0.6) is 0 Å². The van der Waals surface area contributed by atoms with Crippen molar-refractivity contribution < 1.29 is 4.79 Å². The number of hydrogen-bond acceptors (Lipinski definition) is 6. The third-order valence-corrected chi connectivity index (χ3v) is 4.80. The number of anilines is 1. The second kappa shape index (κ2) is 5.45. The molecule has 0 aliphatic carbocycles. The Labute approximate surface area is 137 Å². The minimum Gasteiger partial charge on any atom is -0.306 e. The summed E-state index contributed by atoms with van der Waals surface area (Å²) in [5.41, 5.74) is -0.357. The predicted octanol–water partition coefficient (Wildman–Crippen LogP) is 2.46. The van der Waals surface area contributed by atoms with E-state index < -0.39 is 0 Å². The normalized spacial score (nSPS) is 11.0. The zero-order valence-electron chi connectivity index (χ0n) is 11.5. The number of thiophene rings is 2. The Morgan fingerprint density at radius 3 is 2.78 bits per heavy atom. The third-order valence-electron chi connectivity index (χ3n) is 3.07. The topological polar surface area (TPSA) is 92.1 Å². The molecule has 0 saturated carbocycles. The Bertz CT molecular complexity index is 1030. The fourth-order valence-electron chi connectivity index (χ4n) is 2.08. The molecule has 0 aliphatic heterocycles. The van der Waals surface area contributed by atoms with Crippen LogP contribution in [0.3, 0.4) is 0 Å². The van der Waals surface area contributed by atoms with Crippen LogP contribution in [-0.4, -0.2) is 25.5 Å². The van der Waals surface area contributed by atoms with Gasteiger partial charge in [-0.2, -0.15) is 9.50 Å². The first-order valence-corrected chi connectivity index (χ1v) is 8.35. The minimum atomic E-state index is -0.357. The Morgan fingerprint density at radius 2 is 2.04 bits per heavy atom. The van der Waals surface area contributed by atoms with Crippen molar-refractivity contribution >= 4 is 40.2 Å². The molecule has 4 rings (SSSR count). The fourth-order valence-corrected chi connectivity index (χ4v) is 3.35. The average molecular weight is 343 g/mol. The molecule has 1 amide bonds. The van der Waals surface area contributed by atoms with Gasteiger partial charge in [0, 0.05) is 6.07 Å². The van der Waals surface area contributed by atoms with E-state index in [1.807, 2.05) is 22.9 Å². The van der Waals surface area contributed by atoms with E-state index in [0.717, 1.165) is 4.88 Å². The summed E-state index contributed by atoms with van der Waals surface area (Å²) in [5, 5.41) is 10.8. The van der Waals surface area contributed by atoms with Crippen molar-refractivity contribution in [2.24, 2.45) is 0 Å². The molecule has 0 aliphatic rings. The van der Waals surface area contributed by atoms with Crippen molar-refractivity contribution in [3.05, 3.63) is 56.3 Å². The van der Waals surface area contributed by atoms with Gasteiger partial charge < -0.3 is 5.32 Å². The number of nitrogens with zero attached hydrogens (tertiary/aromatic N) is 3. The van der Waals surface area contributed by atoms with E-state index in [1.165, 1.54) is 33.3 Å². The lowest BCUT2D eigenvalue weighted by atomic mass is 10.4. The van der Waals surface area contributed by atoms with Gasteiger partial charge in [0.15, 0.2) is 5.82 Å². The number of rotatable bonds is 3. The maximum atomic E-state index is 12.2. The predicted molar refractivity (Wildman–Crippen MR) is 89.2 cm³/mol. The number of carbonyl (C=O) groups excluding carboxylic acids is 1. The van der Waals surface area contributed by atoms with E-state index in [9.17, 15) is 9.59 Å². The van der Waals surface area contributed by atoms with Crippen LogP contribution in [0.1, 0.15) is 9.67 Å². The molecule has 0 atom stereocenters. The van der Waals surface area contributed by atoms with Gasteiger partial charge in [-0.25, -0.2) is 0 Å². The molecule has 0 spiro atoms. The smallest absolute Gasteiger partial charge is 0.266 e. The summed E-state index contributed by atoms with van der Waals surface area (Å²) in [6.45, 7) is 0. The maximum absolute atomic E-state index is 12.2. The number of aromatic nitrogens is 4. The summed E-state index contributed by atoms with van der Waals surface area (Å²) in [6.07, 6.45) is 0. The quantitative estimate of drug-likeness (QED) is 0.598. The number of fused-ring (bicyclic) bond motifs is 1. The molecule has 0 aromatic carbocycles. The number of amides is 1. The van der Waals surface area contributed by atoms with Gasteiger partial charge in [0.05, 0.1) is 9.75 Å². The average Bonchev–Trinajstić information content (AvgIpc) is 3.27. The molecule has 4 aromatic heterocycles. The van der Waals surface area contributed by atoms with Crippen LogP contribution in [0.4, 0.5) is 5.82 Å². The Kier molecular flexibility index (Phi) is 3.28. The van der Waals surface area contributed by atoms with Crippen molar-refractivity contribution in [1.29, 1.82) is 0 Å². The first-order valence-electron chi connectivity index (χ1n) is 6.59. The number of carbonyl (C=O) groups is 1. The van der Waals surface area contributed by atoms with E-state index in [0.29, 0.717) is 10.7 Å². The second-order valence-corrected chi connectivity index (χ2v) is 6.49. The lowest BCUT2D eigenvalue weighted by Gasteiger charge is -2.04. The van der Waals surface area contributed by atoms with Gasteiger partial charge in [-0.3, -0.25) is 14.6 Å². The number of nitrogens with one attached hydrogen (secondary N) is 2. The highest BCUT2D eigenvalue weighted by molar-refractivity contribution is 7.13. The molecule has 2 N–H and O–H groups in total. The Balaban J connectivity index is 1.79. The molecule has 4 aromatic rings. The van der Waals surface area contributed by atoms with E-state index in [4.69, 9.17) is 0 Å². The van der Waals surface area contributed by atoms with Gasteiger partial charge in [-0.15, -0.1) is 27.8 Å². The van der Waals surface area contributed by atoms with Crippen molar-refractivity contribution in [1.82, 2.24) is 19.6 Å². The molecule has 9 heteroatoms. The first-order chi connectivity index (χ1) is 11.2. The zero-order chi connectivity index (χ0) is 15.8. The van der Waals surface area contributed by atoms with Gasteiger partial charge >= 0.3 is 0 Å². The molecule has 7 nitrogen and oxygen atoms in total. The van der Waals surface area contributed by atoms with Crippen LogP contribution in [0, 0.1) is 0 Å². The molecule has 0 radical (unpaired) electrons. The molecular formula is C14H9N5O2S2. The Morgan fingerprint density at radius 1 is 1.22 bits per heavy atom. The number of aromatic amines is 1. The standard InChI is InChI=1S/C14H9N5O2S2/c20-11-7-10(15-13(21)9-4-2-6-23-9)19-14(16-11)17-12(18-19)8-3-1-5-22-8/h1-7H,(H,15,21)(H,16,17,18,20). The van der Waals surface area contributed by atoms with Crippen molar-refractivity contribution in [3.63, 3.8) is 0 Å². The van der Waals surface area contributed by atoms with E-state index in [2.05, 4.69) is 20.4 Å². The van der Waals surface area contributed by atoms with Gasteiger partial charge in [0.2, 0.25) is 5.78 Å². The molecule has 4 heterocycles. The Hall–Kier alpha value is -2.78. The number of H-pyrrole nitrogens is 1. The van der Waals surface area contributed by atoms with Crippen LogP contribution in [-0.2, 0) is 0 Å². The van der Waals surface area contributed by atoms with E-state index in [1.54, 1.807) is 12.1 Å². The van der Waals surface area contributed by atoms with Gasteiger partial charge in [-0.1, -0.05) is 12.1 Å². The highest BCUT2D eigenvalue weighted by Gasteiger charge is 2.14. The monoisotopic (exact) mass is 343 g/mol. The second-order valence-electron chi connectivity index (χ2n) is 4.60. The largest absolute Gasteiger partial charge is 0.306 e. The van der Waals surface area contributed by atoms with Gasteiger partial charge in [-0.05, 0) is 22.9 Å². The fraction of sp³-hybridized carbons (Fsp3) is 0. The molecule has 0 saturated heterocycles. The van der Waals surface area contributed by atoms with Crippen LogP contribution in [0.25, 0.3) is 16.5 Å². The first kappa shape index (κ1) is 13.9. The van der Waals surface area contributed by atoms with Crippen LogP contribution in [0.15, 0.2) is 45.9 Å². The SMILES string of the molecule is O=C(Nc1cc(=O)[nH]c2nc(-c3cccs3)nn12)c1cccs1. The highest BCUT2D eigenvalue weighted by atomic mass is 32.1. The lowest BCUT2D eigenvalue weighted by molar-refractivity contribution is 0.103. The van der Waals surface area contributed by atoms with Gasteiger partial charge in [0.1, 0.15) is 5.82 Å². The lowest BCUT2D eigenvalue weighted by Crippen LogP contribution is -2.18. The van der Waals surface area contributed by atoms with E-state index >= 15 is 0 Å². The van der Waals surface area contributed by atoms with Crippen molar-refractivity contribution in [2.45, 2.75) is 0 Å². The molecule has 0 bridgehead atoms. The van der Waals surface area contributed by atoms with Crippen molar-refractivity contribution in [2.75, 3.05) is 5.32 Å². The van der Waals surface area contributed by atoms with Crippen LogP contribution < -0.4 is 10.9 Å². The summed E-state index contributed by atoms with van der Waals surface area (Å²) in [4.78, 5) is 32.3. The van der Waals surface area contributed by atoms with Crippen LogP contribution >= 0.6 is 22.7 Å². The molecule has 0 unspecified atom stereocenters. The zero-order valence-corrected chi connectivity index (χ0v) is 13.1. The summed E-state index contributed by atoms with van der Waals surface area (Å²) in [5.74, 6) is 0.758. The molecule has 114 valence electrons. The molecule has 0 fully saturated rings. The van der Waals surface area contributed by atoms with Crippen LogP contribution in [0.2, 0.25) is 0 Å². The summed E-state index contributed by atoms with van der Waals surface area (Å²) < 4.78 is 1.42. The van der Waals surface area contributed by atoms with E-state index in [-0.39, 0.29) is 23.1 Å². The maximum Gasteiger partial charge on any atom is 0.266 e.